The second-order valence-electron chi connectivity index (χ2n) is 6.59. The number of anilines is 1. The van der Waals surface area contributed by atoms with Gasteiger partial charge in [0, 0.05) is 29.9 Å². The van der Waals surface area contributed by atoms with Crippen LogP contribution >= 0.6 is 0 Å². The molecule has 0 heterocycles. The first-order valence-corrected chi connectivity index (χ1v) is 8.93. The Labute approximate surface area is 148 Å². The zero-order chi connectivity index (χ0) is 17.6. The number of benzene rings is 2. The highest BCUT2D eigenvalue weighted by atomic mass is 16.2. The number of carbonyl (C=O) groups excluding carboxylic acids is 2. The second-order valence-corrected chi connectivity index (χ2v) is 6.59. The number of amides is 2. The summed E-state index contributed by atoms with van der Waals surface area (Å²) >= 11 is 0. The molecule has 0 atom stereocenters. The maximum Gasteiger partial charge on any atom is 0.255 e. The second kappa shape index (κ2) is 7.97. The molecule has 0 aromatic heterocycles. The van der Waals surface area contributed by atoms with Gasteiger partial charge in [-0.1, -0.05) is 25.1 Å². The monoisotopic (exact) mass is 336 g/mol. The molecule has 1 aliphatic rings. The summed E-state index contributed by atoms with van der Waals surface area (Å²) in [5.41, 5.74) is 1.97. The number of nitrogens with one attached hydrogen (secondary N) is 1. The van der Waals surface area contributed by atoms with Crippen LogP contribution in [0.2, 0.25) is 0 Å². The highest BCUT2D eigenvalue weighted by Crippen LogP contribution is 2.30. The van der Waals surface area contributed by atoms with Gasteiger partial charge >= 0.3 is 0 Å². The van der Waals surface area contributed by atoms with Gasteiger partial charge in [0.15, 0.2) is 0 Å². The van der Waals surface area contributed by atoms with Crippen LogP contribution in [0.3, 0.4) is 0 Å². The third kappa shape index (κ3) is 4.69. The molecule has 0 unspecified atom stereocenters. The third-order valence-corrected chi connectivity index (χ3v) is 4.38. The number of hydrogen-bond donors (Lipinski definition) is 1. The minimum Gasteiger partial charge on any atom is -0.338 e. The molecule has 4 heteroatoms. The van der Waals surface area contributed by atoms with Crippen LogP contribution in [0.4, 0.5) is 5.69 Å². The lowest BCUT2D eigenvalue weighted by Gasteiger charge is -2.22. The SMILES string of the molecule is CCCN(CC1CC1)C(=O)c1ccc(NC(=O)c2ccccc2)cc1. The zero-order valence-electron chi connectivity index (χ0n) is 14.6. The molecule has 0 bridgehead atoms. The first-order valence-electron chi connectivity index (χ1n) is 8.93. The molecule has 2 aromatic carbocycles. The highest BCUT2D eigenvalue weighted by molar-refractivity contribution is 6.04. The van der Waals surface area contributed by atoms with Gasteiger partial charge in [0.05, 0.1) is 0 Å². The summed E-state index contributed by atoms with van der Waals surface area (Å²) in [5, 5.41) is 2.86. The Bertz CT molecular complexity index is 721. The molecular weight excluding hydrogens is 312 g/mol. The summed E-state index contributed by atoms with van der Waals surface area (Å²) in [4.78, 5) is 26.8. The molecule has 0 saturated heterocycles. The lowest BCUT2D eigenvalue weighted by molar-refractivity contribution is 0.0747. The molecule has 2 aromatic rings. The third-order valence-electron chi connectivity index (χ3n) is 4.38. The van der Waals surface area contributed by atoms with E-state index in [1.165, 1.54) is 12.8 Å². The van der Waals surface area contributed by atoms with Crippen LogP contribution in [0.1, 0.15) is 46.9 Å². The molecule has 2 amide bonds. The van der Waals surface area contributed by atoms with Gasteiger partial charge in [-0.25, -0.2) is 0 Å². The lowest BCUT2D eigenvalue weighted by Crippen LogP contribution is -2.33. The van der Waals surface area contributed by atoms with Crippen molar-refractivity contribution in [1.82, 2.24) is 4.90 Å². The summed E-state index contributed by atoms with van der Waals surface area (Å²) in [7, 11) is 0. The molecule has 25 heavy (non-hydrogen) atoms. The molecular formula is C21H24N2O2. The Morgan fingerprint density at radius 1 is 1.00 bits per heavy atom. The van der Waals surface area contributed by atoms with Crippen LogP contribution in [-0.2, 0) is 0 Å². The van der Waals surface area contributed by atoms with Crippen LogP contribution in [0.25, 0.3) is 0 Å². The molecule has 0 aliphatic heterocycles. The molecule has 3 rings (SSSR count). The largest absolute Gasteiger partial charge is 0.338 e. The van der Waals surface area contributed by atoms with Gasteiger partial charge in [-0.3, -0.25) is 9.59 Å². The van der Waals surface area contributed by atoms with Crippen molar-refractivity contribution in [3.8, 4) is 0 Å². The predicted molar refractivity (Wildman–Crippen MR) is 99.8 cm³/mol. The lowest BCUT2D eigenvalue weighted by atomic mass is 10.1. The smallest absolute Gasteiger partial charge is 0.255 e. The fraction of sp³-hybridized carbons (Fsp3) is 0.333. The van der Waals surface area contributed by atoms with E-state index in [1.54, 1.807) is 36.4 Å². The van der Waals surface area contributed by atoms with Crippen molar-refractivity contribution in [2.75, 3.05) is 18.4 Å². The Balaban J connectivity index is 1.64. The van der Waals surface area contributed by atoms with Crippen molar-refractivity contribution in [3.63, 3.8) is 0 Å². The van der Waals surface area contributed by atoms with Gasteiger partial charge in [0.1, 0.15) is 0 Å². The molecule has 1 N–H and O–H groups in total. The van der Waals surface area contributed by atoms with Crippen LogP contribution in [0.5, 0.6) is 0 Å². The average molecular weight is 336 g/mol. The van der Waals surface area contributed by atoms with Crippen molar-refractivity contribution in [3.05, 3.63) is 65.7 Å². The molecule has 0 spiro atoms. The quantitative estimate of drug-likeness (QED) is 0.824. The highest BCUT2D eigenvalue weighted by Gasteiger charge is 2.26. The van der Waals surface area contributed by atoms with Crippen molar-refractivity contribution in [1.29, 1.82) is 0 Å². The van der Waals surface area contributed by atoms with Crippen molar-refractivity contribution < 1.29 is 9.59 Å². The maximum atomic E-state index is 12.7. The normalized spacial score (nSPS) is 13.3. The fourth-order valence-electron chi connectivity index (χ4n) is 2.83. The van der Waals surface area contributed by atoms with E-state index in [9.17, 15) is 9.59 Å². The fourth-order valence-corrected chi connectivity index (χ4v) is 2.83. The van der Waals surface area contributed by atoms with Crippen LogP contribution in [0.15, 0.2) is 54.6 Å². The molecule has 4 nitrogen and oxygen atoms in total. The molecule has 1 saturated carbocycles. The van der Waals surface area contributed by atoms with Crippen molar-refractivity contribution >= 4 is 17.5 Å². The van der Waals surface area contributed by atoms with E-state index in [-0.39, 0.29) is 11.8 Å². The number of nitrogens with zero attached hydrogens (tertiary/aromatic N) is 1. The van der Waals surface area contributed by atoms with Gasteiger partial charge in [0.2, 0.25) is 0 Å². The predicted octanol–water partition coefficient (Wildman–Crippen LogP) is 4.20. The summed E-state index contributed by atoms with van der Waals surface area (Å²) in [6.45, 7) is 3.75. The standard InChI is InChI=1S/C21H24N2O2/c1-2-14-23(15-16-8-9-16)21(25)18-10-12-19(13-11-18)22-20(24)17-6-4-3-5-7-17/h3-7,10-13,16H,2,8-9,14-15H2,1H3,(H,22,24). The molecule has 130 valence electrons. The van der Waals surface area contributed by atoms with Gasteiger partial charge in [-0.05, 0) is 61.6 Å². The van der Waals surface area contributed by atoms with E-state index >= 15 is 0 Å². The maximum absolute atomic E-state index is 12.7. The molecule has 1 aliphatic carbocycles. The van der Waals surface area contributed by atoms with E-state index in [4.69, 9.17) is 0 Å². The summed E-state index contributed by atoms with van der Waals surface area (Å²) < 4.78 is 0. The molecule has 0 radical (unpaired) electrons. The van der Waals surface area contributed by atoms with Crippen molar-refractivity contribution in [2.24, 2.45) is 5.92 Å². The van der Waals surface area contributed by atoms with E-state index in [0.29, 0.717) is 22.7 Å². The van der Waals surface area contributed by atoms with Crippen LogP contribution in [0, 0.1) is 5.92 Å². The first-order chi connectivity index (χ1) is 12.2. The van der Waals surface area contributed by atoms with Gasteiger partial charge in [-0.15, -0.1) is 0 Å². The number of rotatable bonds is 7. The molecule has 1 fully saturated rings. The summed E-state index contributed by atoms with van der Waals surface area (Å²) in [6, 6.07) is 16.2. The van der Waals surface area contributed by atoms with E-state index in [2.05, 4.69) is 12.2 Å². The Morgan fingerprint density at radius 2 is 1.68 bits per heavy atom. The van der Waals surface area contributed by atoms with Gasteiger partial charge in [-0.2, -0.15) is 0 Å². The summed E-state index contributed by atoms with van der Waals surface area (Å²) in [6.07, 6.45) is 3.43. The average Bonchev–Trinajstić information content (AvgIpc) is 3.46. The van der Waals surface area contributed by atoms with E-state index in [1.807, 2.05) is 23.1 Å². The Hall–Kier alpha value is -2.62. The van der Waals surface area contributed by atoms with E-state index in [0.717, 1.165) is 19.5 Å². The van der Waals surface area contributed by atoms with Gasteiger partial charge in [0.25, 0.3) is 11.8 Å². The van der Waals surface area contributed by atoms with Crippen molar-refractivity contribution in [2.45, 2.75) is 26.2 Å². The van der Waals surface area contributed by atoms with E-state index < -0.39 is 0 Å². The number of carbonyl (C=O) groups is 2. The van der Waals surface area contributed by atoms with Crippen LogP contribution < -0.4 is 5.32 Å². The Morgan fingerprint density at radius 3 is 2.28 bits per heavy atom. The van der Waals surface area contributed by atoms with Gasteiger partial charge < -0.3 is 10.2 Å². The first kappa shape index (κ1) is 17.2. The van der Waals surface area contributed by atoms with Crippen LogP contribution in [-0.4, -0.2) is 29.8 Å². The summed E-state index contributed by atoms with van der Waals surface area (Å²) in [5.74, 6) is 0.607. The zero-order valence-corrected chi connectivity index (χ0v) is 14.6. The minimum absolute atomic E-state index is 0.0784. The number of hydrogen-bond acceptors (Lipinski definition) is 2. The minimum atomic E-state index is -0.152. The topological polar surface area (TPSA) is 49.4 Å². The Kier molecular flexibility index (Phi) is 5.49.